The SMILES string of the molecule is COc1cc(C(Sc2ccccc2)c2cn[nH]n2)ccc1-n1cnc(C)c1. The first kappa shape index (κ1) is 17.4. The van der Waals surface area contributed by atoms with E-state index in [2.05, 4.69) is 44.7 Å². The molecule has 1 N–H and O–H groups in total. The topological polar surface area (TPSA) is 68.6 Å². The molecular formula is C20H19N5OS. The van der Waals surface area contributed by atoms with E-state index in [4.69, 9.17) is 4.74 Å². The van der Waals surface area contributed by atoms with Crippen LogP contribution in [0.4, 0.5) is 0 Å². The summed E-state index contributed by atoms with van der Waals surface area (Å²) in [5, 5.41) is 11.0. The van der Waals surface area contributed by atoms with E-state index in [1.165, 1.54) is 4.90 Å². The molecule has 0 saturated heterocycles. The molecule has 0 fully saturated rings. The number of hydrogen-bond donors (Lipinski definition) is 1. The van der Waals surface area contributed by atoms with Crippen molar-refractivity contribution in [2.45, 2.75) is 17.1 Å². The summed E-state index contributed by atoms with van der Waals surface area (Å²) >= 11 is 1.73. The van der Waals surface area contributed by atoms with Gasteiger partial charge in [0, 0.05) is 11.1 Å². The number of aromatic amines is 1. The maximum absolute atomic E-state index is 5.67. The normalized spacial score (nSPS) is 12.1. The molecule has 0 spiro atoms. The van der Waals surface area contributed by atoms with Crippen LogP contribution in [-0.4, -0.2) is 32.1 Å². The van der Waals surface area contributed by atoms with Gasteiger partial charge in [-0.1, -0.05) is 24.3 Å². The highest BCUT2D eigenvalue weighted by Crippen LogP contribution is 2.41. The summed E-state index contributed by atoms with van der Waals surface area (Å²) in [6.45, 7) is 1.97. The lowest BCUT2D eigenvalue weighted by molar-refractivity contribution is 0.412. The van der Waals surface area contributed by atoms with Gasteiger partial charge in [-0.3, -0.25) is 0 Å². The number of aryl methyl sites for hydroxylation is 1. The Morgan fingerprint density at radius 2 is 2.00 bits per heavy atom. The maximum atomic E-state index is 5.67. The van der Waals surface area contributed by atoms with Gasteiger partial charge in [-0.05, 0) is 36.8 Å². The molecule has 0 bridgehead atoms. The summed E-state index contributed by atoms with van der Waals surface area (Å²) in [4.78, 5) is 5.47. The number of benzene rings is 2. The molecule has 1 unspecified atom stereocenters. The van der Waals surface area contributed by atoms with E-state index in [1.54, 1.807) is 31.4 Å². The van der Waals surface area contributed by atoms with Crippen LogP contribution in [0, 0.1) is 6.92 Å². The average molecular weight is 377 g/mol. The second-order valence-electron chi connectivity index (χ2n) is 6.06. The van der Waals surface area contributed by atoms with Crippen LogP contribution in [0.15, 0.2) is 72.1 Å². The maximum Gasteiger partial charge on any atom is 0.143 e. The molecule has 0 amide bonds. The van der Waals surface area contributed by atoms with E-state index in [9.17, 15) is 0 Å². The summed E-state index contributed by atoms with van der Waals surface area (Å²) in [5.74, 6) is 0.784. The number of ether oxygens (including phenoxy) is 1. The van der Waals surface area contributed by atoms with Gasteiger partial charge in [-0.2, -0.15) is 15.4 Å². The van der Waals surface area contributed by atoms with Gasteiger partial charge < -0.3 is 9.30 Å². The molecule has 2 aromatic carbocycles. The largest absolute Gasteiger partial charge is 0.495 e. The van der Waals surface area contributed by atoms with Crippen LogP contribution < -0.4 is 4.74 Å². The van der Waals surface area contributed by atoms with Crippen molar-refractivity contribution in [2.75, 3.05) is 7.11 Å². The molecular weight excluding hydrogens is 358 g/mol. The molecule has 0 saturated carbocycles. The van der Waals surface area contributed by atoms with Crippen molar-refractivity contribution < 1.29 is 4.74 Å². The second-order valence-corrected chi connectivity index (χ2v) is 7.24. The molecule has 0 radical (unpaired) electrons. The van der Waals surface area contributed by atoms with Gasteiger partial charge in [-0.15, -0.1) is 11.8 Å². The third-order valence-corrected chi connectivity index (χ3v) is 5.49. The molecule has 2 aromatic heterocycles. The lowest BCUT2D eigenvalue weighted by Gasteiger charge is -2.17. The van der Waals surface area contributed by atoms with E-state index < -0.39 is 0 Å². The Morgan fingerprint density at radius 3 is 2.67 bits per heavy atom. The molecule has 4 rings (SSSR count). The first-order chi connectivity index (χ1) is 13.2. The van der Waals surface area contributed by atoms with Crippen molar-refractivity contribution in [1.82, 2.24) is 25.0 Å². The lowest BCUT2D eigenvalue weighted by atomic mass is 10.1. The Kier molecular flexibility index (Phi) is 4.93. The summed E-state index contributed by atoms with van der Waals surface area (Å²) in [6.07, 6.45) is 5.53. The fraction of sp³-hybridized carbons (Fsp3) is 0.150. The predicted molar refractivity (Wildman–Crippen MR) is 105 cm³/mol. The number of nitrogens with zero attached hydrogens (tertiary/aromatic N) is 4. The van der Waals surface area contributed by atoms with Crippen LogP contribution in [0.25, 0.3) is 5.69 Å². The average Bonchev–Trinajstić information content (AvgIpc) is 3.38. The third-order valence-electron chi connectivity index (χ3n) is 4.20. The zero-order valence-corrected chi connectivity index (χ0v) is 15.9. The summed E-state index contributed by atoms with van der Waals surface area (Å²) < 4.78 is 7.63. The summed E-state index contributed by atoms with van der Waals surface area (Å²) in [7, 11) is 1.68. The van der Waals surface area contributed by atoms with Crippen molar-refractivity contribution in [2.24, 2.45) is 0 Å². The van der Waals surface area contributed by atoms with Crippen LogP contribution >= 0.6 is 11.8 Å². The number of aromatic nitrogens is 5. The van der Waals surface area contributed by atoms with Crippen molar-refractivity contribution >= 4 is 11.8 Å². The highest BCUT2D eigenvalue weighted by Gasteiger charge is 2.20. The standard InChI is InChI=1S/C20H19N5OS/c1-14-12-25(13-21-14)18-9-8-15(10-19(18)26-2)20(17-11-22-24-23-17)27-16-6-4-3-5-7-16/h3-13,20H,1-2H3,(H,22,23,24). The Morgan fingerprint density at radius 1 is 1.15 bits per heavy atom. The molecule has 136 valence electrons. The zero-order chi connectivity index (χ0) is 18.6. The predicted octanol–water partition coefficient (Wildman–Crippen LogP) is 4.19. The molecule has 27 heavy (non-hydrogen) atoms. The van der Waals surface area contributed by atoms with E-state index in [0.717, 1.165) is 28.4 Å². The van der Waals surface area contributed by atoms with E-state index in [0.29, 0.717) is 0 Å². The molecule has 6 nitrogen and oxygen atoms in total. The fourth-order valence-corrected chi connectivity index (χ4v) is 4.00. The molecule has 2 heterocycles. The van der Waals surface area contributed by atoms with Gasteiger partial charge >= 0.3 is 0 Å². The molecule has 0 aliphatic rings. The minimum absolute atomic E-state index is 0.00127. The van der Waals surface area contributed by atoms with Crippen molar-refractivity contribution in [3.8, 4) is 11.4 Å². The number of nitrogens with one attached hydrogen (secondary N) is 1. The van der Waals surface area contributed by atoms with Crippen LogP contribution in [0.5, 0.6) is 5.75 Å². The quantitative estimate of drug-likeness (QED) is 0.510. The number of imidazole rings is 1. The lowest BCUT2D eigenvalue weighted by Crippen LogP contribution is -2.01. The Balaban J connectivity index is 1.73. The molecule has 1 atom stereocenters. The minimum atomic E-state index is -0.00127. The zero-order valence-electron chi connectivity index (χ0n) is 15.0. The smallest absolute Gasteiger partial charge is 0.143 e. The van der Waals surface area contributed by atoms with Gasteiger partial charge in [-0.25, -0.2) is 4.98 Å². The van der Waals surface area contributed by atoms with Gasteiger partial charge in [0.2, 0.25) is 0 Å². The third kappa shape index (κ3) is 3.73. The Hall–Kier alpha value is -3.06. The highest BCUT2D eigenvalue weighted by atomic mass is 32.2. The number of H-pyrrole nitrogens is 1. The van der Waals surface area contributed by atoms with Crippen LogP contribution in [0.1, 0.15) is 22.2 Å². The van der Waals surface area contributed by atoms with Gasteiger partial charge in [0.1, 0.15) is 11.4 Å². The Labute approximate surface area is 161 Å². The summed E-state index contributed by atoms with van der Waals surface area (Å²) in [6, 6.07) is 16.5. The van der Waals surface area contributed by atoms with E-state index in [-0.39, 0.29) is 5.25 Å². The fourth-order valence-electron chi connectivity index (χ4n) is 2.89. The Bertz CT molecular complexity index is 1010. The van der Waals surface area contributed by atoms with Gasteiger partial charge in [0.25, 0.3) is 0 Å². The first-order valence-electron chi connectivity index (χ1n) is 8.51. The number of hydrogen-bond acceptors (Lipinski definition) is 5. The van der Waals surface area contributed by atoms with E-state index >= 15 is 0 Å². The van der Waals surface area contributed by atoms with Crippen LogP contribution in [-0.2, 0) is 0 Å². The molecule has 0 aliphatic carbocycles. The second kappa shape index (κ2) is 7.67. The van der Waals surface area contributed by atoms with Crippen molar-refractivity contribution in [3.05, 3.63) is 84.2 Å². The highest BCUT2D eigenvalue weighted by molar-refractivity contribution is 7.99. The summed E-state index contributed by atoms with van der Waals surface area (Å²) in [5.41, 5.74) is 3.87. The number of thioether (sulfide) groups is 1. The molecule has 4 aromatic rings. The monoisotopic (exact) mass is 377 g/mol. The van der Waals surface area contributed by atoms with Gasteiger partial charge in [0.05, 0.1) is 36.3 Å². The van der Waals surface area contributed by atoms with Crippen LogP contribution in [0.3, 0.4) is 0 Å². The van der Waals surface area contributed by atoms with Crippen molar-refractivity contribution in [1.29, 1.82) is 0 Å². The van der Waals surface area contributed by atoms with Gasteiger partial charge in [0.15, 0.2) is 0 Å². The molecule has 0 aliphatic heterocycles. The van der Waals surface area contributed by atoms with Crippen molar-refractivity contribution in [3.63, 3.8) is 0 Å². The minimum Gasteiger partial charge on any atom is -0.495 e. The number of rotatable bonds is 6. The van der Waals surface area contributed by atoms with Crippen LogP contribution in [0.2, 0.25) is 0 Å². The first-order valence-corrected chi connectivity index (χ1v) is 9.39. The molecule has 7 heteroatoms. The number of methoxy groups -OCH3 is 1. The van der Waals surface area contributed by atoms with E-state index in [1.807, 2.05) is 42.0 Å².